The van der Waals surface area contributed by atoms with Crippen LogP contribution in [0.5, 0.6) is 0 Å². The predicted octanol–water partition coefficient (Wildman–Crippen LogP) is 2.95. The zero-order valence-electron chi connectivity index (χ0n) is 10.5. The SMILES string of the molecule is CC(Nc1cc(Br)nc(C2CC2)n1)C1CCOC1. The number of halogens is 1. The minimum atomic E-state index is 0.390. The molecule has 3 rings (SSSR count). The number of aromatic nitrogens is 2. The second-order valence-electron chi connectivity index (χ2n) is 5.27. The van der Waals surface area contributed by atoms with Gasteiger partial charge >= 0.3 is 0 Å². The lowest BCUT2D eigenvalue weighted by Gasteiger charge is -2.20. The number of ether oxygens (including phenoxy) is 1. The Morgan fingerprint density at radius 3 is 2.89 bits per heavy atom. The van der Waals surface area contributed by atoms with E-state index in [2.05, 4.69) is 38.1 Å². The molecule has 1 saturated carbocycles. The highest BCUT2D eigenvalue weighted by Gasteiger charge is 2.28. The van der Waals surface area contributed by atoms with E-state index in [1.165, 1.54) is 12.8 Å². The third-order valence-electron chi connectivity index (χ3n) is 3.70. The lowest BCUT2D eigenvalue weighted by atomic mass is 10.0. The Morgan fingerprint density at radius 2 is 2.22 bits per heavy atom. The van der Waals surface area contributed by atoms with Crippen molar-refractivity contribution in [3.63, 3.8) is 0 Å². The van der Waals surface area contributed by atoms with E-state index in [0.29, 0.717) is 17.9 Å². The molecule has 0 amide bonds. The molecule has 2 aliphatic rings. The third kappa shape index (κ3) is 2.83. The number of nitrogens with one attached hydrogen (secondary N) is 1. The van der Waals surface area contributed by atoms with Gasteiger partial charge in [-0.3, -0.25) is 0 Å². The van der Waals surface area contributed by atoms with Gasteiger partial charge in [-0.25, -0.2) is 9.97 Å². The van der Waals surface area contributed by atoms with Gasteiger partial charge in [0.25, 0.3) is 0 Å². The van der Waals surface area contributed by atoms with Gasteiger partial charge in [-0.2, -0.15) is 0 Å². The molecule has 2 unspecified atom stereocenters. The van der Waals surface area contributed by atoms with Gasteiger partial charge in [0.1, 0.15) is 16.2 Å². The number of hydrogen-bond donors (Lipinski definition) is 1. The van der Waals surface area contributed by atoms with Crippen LogP contribution in [0.4, 0.5) is 5.82 Å². The summed E-state index contributed by atoms with van der Waals surface area (Å²) in [5, 5.41) is 3.49. The Bertz CT molecular complexity index is 430. The molecule has 0 aromatic carbocycles. The summed E-state index contributed by atoms with van der Waals surface area (Å²) in [4.78, 5) is 9.06. The summed E-state index contributed by atoms with van der Waals surface area (Å²) in [5.74, 6) is 3.07. The minimum Gasteiger partial charge on any atom is -0.381 e. The molecule has 1 N–H and O–H groups in total. The average Bonchev–Trinajstić information content (AvgIpc) is 3.03. The average molecular weight is 312 g/mol. The summed E-state index contributed by atoms with van der Waals surface area (Å²) in [6.07, 6.45) is 3.58. The van der Waals surface area contributed by atoms with Crippen molar-refractivity contribution in [2.24, 2.45) is 5.92 Å². The van der Waals surface area contributed by atoms with Crippen LogP contribution in [0.15, 0.2) is 10.7 Å². The molecule has 0 radical (unpaired) electrons. The maximum absolute atomic E-state index is 5.43. The van der Waals surface area contributed by atoms with Crippen molar-refractivity contribution in [2.75, 3.05) is 18.5 Å². The fraction of sp³-hybridized carbons (Fsp3) is 0.692. The monoisotopic (exact) mass is 311 g/mol. The standard InChI is InChI=1S/C13H18BrN3O/c1-8(10-4-5-18-7-10)15-12-6-11(14)16-13(17-12)9-2-3-9/h6,8-10H,2-5,7H2,1H3,(H,15,16,17). The van der Waals surface area contributed by atoms with E-state index in [4.69, 9.17) is 4.74 Å². The fourth-order valence-corrected chi connectivity index (χ4v) is 2.73. The topological polar surface area (TPSA) is 47.0 Å². The molecular weight excluding hydrogens is 294 g/mol. The largest absolute Gasteiger partial charge is 0.381 e. The molecule has 2 heterocycles. The quantitative estimate of drug-likeness (QED) is 0.868. The summed E-state index contributed by atoms with van der Waals surface area (Å²) in [5.41, 5.74) is 0. The van der Waals surface area contributed by atoms with E-state index in [1.54, 1.807) is 0 Å². The van der Waals surface area contributed by atoms with Crippen molar-refractivity contribution in [3.8, 4) is 0 Å². The third-order valence-corrected chi connectivity index (χ3v) is 4.11. The maximum atomic E-state index is 5.43. The Morgan fingerprint density at radius 1 is 1.39 bits per heavy atom. The molecule has 1 aromatic heterocycles. The number of anilines is 1. The van der Waals surface area contributed by atoms with Gasteiger partial charge in [0.2, 0.25) is 0 Å². The highest BCUT2D eigenvalue weighted by Crippen LogP contribution is 2.38. The fourth-order valence-electron chi connectivity index (χ4n) is 2.33. The van der Waals surface area contributed by atoms with Crippen LogP contribution in [-0.4, -0.2) is 29.2 Å². The maximum Gasteiger partial charge on any atom is 0.135 e. The summed E-state index contributed by atoms with van der Waals surface area (Å²) < 4.78 is 6.30. The highest BCUT2D eigenvalue weighted by molar-refractivity contribution is 9.10. The van der Waals surface area contributed by atoms with Gasteiger partial charge < -0.3 is 10.1 Å². The molecule has 5 heteroatoms. The van der Waals surface area contributed by atoms with E-state index in [-0.39, 0.29) is 0 Å². The van der Waals surface area contributed by atoms with Crippen LogP contribution in [-0.2, 0) is 4.74 Å². The van der Waals surface area contributed by atoms with Crippen LogP contribution in [0.1, 0.15) is 37.9 Å². The summed E-state index contributed by atoms with van der Waals surface area (Å²) in [6.45, 7) is 3.94. The molecule has 1 aliphatic carbocycles. The number of nitrogens with zero attached hydrogens (tertiary/aromatic N) is 2. The smallest absolute Gasteiger partial charge is 0.135 e. The molecule has 98 valence electrons. The molecule has 2 fully saturated rings. The summed E-state index contributed by atoms with van der Waals surface area (Å²) >= 11 is 3.47. The Hall–Kier alpha value is -0.680. The van der Waals surface area contributed by atoms with Crippen LogP contribution in [0, 0.1) is 5.92 Å². The van der Waals surface area contributed by atoms with Crippen molar-refractivity contribution < 1.29 is 4.74 Å². The van der Waals surface area contributed by atoms with Crippen LogP contribution >= 0.6 is 15.9 Å². The van der Waals surface area contributed by atoms with Gasteiger partial charge in [-0.05, 0) is 42.1 Å². The van der Waals surface area contributed by atoms with Gasteiger partial charge in [-0.15, -0.1) is 0 Å². The van der Waals surface area contributed by atoms with Crippen LogP contribution < -0.4 is 5.32 Å². The Kier molecular flexibility index (Phi) is 3.52. The molecular formula is C13H18BrN3O. The second-order valence-corrected chi connectivity index (χ2v) is 6.08. The van der Waals surface area contributed by atoms with E-state index < -0.39 is 0 Å². The van der Waals surface area contributed by atoms with Gasteiger partial charge in [0.15, 0.2) is 0 Å². The molecule has 4 nitrogen and oxygen atoms in total. The summed E-state index contributed by atoms with van der Waals surface area (Å²) in [6, 6.07) is 2.35. The van der Waals surface area contributed by atoms with E-state index in [0.717, 1.165) is 35.9 Å². The van der Waals surface area contributed by atoms with Crippen molar-refractivity contribution in [1.82, 2.24) is 9.97 Å². The zero-order chi connectivity index (χ0) is 12.5. The second kappa shape index (κ2) is 5.13. The van der Waals surface area contributed by atoms with Gasteiger partial charge in [0.05, 0.1) is 6.61 Å². The molecule has 1 aromatic rings. The van der Waals surface area contributed by atoms with Crippen molar-refractivity contribution in [3.05, 3.63) is 16.5 Å². The predicted molar refractivity (Wildman–Crippen MR) is 73.7 cm³/mol. The first-order valence-corrected chi connectivity index (χ1v) is 7.40. The molecule has 1 saturated heterocycles. The van der Waals surface area contributed by atoms with E-state index in [9.17, 15) is 0 Å². The molecule has 2 atom stereocenters. The van der Waals surface area contributed by atoms with Crippen molar-refractivity contribution in [1.29, 1.82) is 0 Å². The Labute approximate surface area is 116 Å². The highest BCUT2D eigenvalue weighted by atomic mass is 79.9. The van der Waals surface area contributed by atoms with Gasteiger partial charge in [0, 0.05) is 30.6 Å². The van der Waals surface area contributed by atoms with Crippen LogP contribution in [0.3, 0.4) is 0 Å². The van der Waals surface area contributed by atoms with E-state index >= 15 is 0 Å². The first-order valence-electron chi connectivity index (χ1n) is 6.61. The molecule has 0 bridgehead atoms. The first kappa shape index (κ1) is 12.4. The molecule has 18 heavy (non-hydrogen) atoms. The van der Waals surface area contributed by atoms with E-state index in [1.807, 2.05) is 6.07 Å². The zero-order valence-corrected chi connectivity index (χ0v) is 12.1. The van der Waals surface area contributed by atoms with Gasteiger partial charge in [-0.1, -0.05) is 0 Å². The number of hydrogen-bond acceptors (Lipinski definition) is 4. The Balaban J connectivity index is 1.70. The molecule has 1 aliphatic heterocycles. The lowest BCUT2D eigenvalue weighted by molar-refractivity contribution is 0.183. The summed E-state index contributed by atoms with van der Waals surface area (Å²) in [7, 11) is 0. The lowest BCUT2D eigenvalue weighted by Crippen LogP contribution is -2.26. The minimum absolute atomic E-state index is 0.390. The van der Waals surface area contributed by atoms with Crippen molar-refractivity contribution in [2.45, 2.75) is 38.1 Å². The molecule has 0 spiro atoms. The first-order chi connectivity index (χ1) is 8.72. The van der Waals surface area contributed by atoms with Crippen molar-refractivity contribution >= 4 is 21.7 Å². The normalized spacial score (nSPS) is 25.1. The van der Waals surface area contributed by atoms with Crippen LogP contribution in [0.2, 0.25) is 0 Å². The van der Waals surface area contributed by atoms with Crippen LogP contribution in [0.25, 0.3) is 0 Å². The number of rotatable bonds is 4.